The van der Waals surface area contributed by atoms with Crippen LogP contribution in [-0.2, 0) is 6.54 Å². The molecule has 9 nitrogen and oxygen atoms in total. The Morgan fingerprint density at radius 1 is 1.27 bits per heavy atom. The van der Waals surface area contributed by atoms with Gasteiger partial charge >= 0.3 is 11.7 Å². The van der Waals surface area contributed by atoms with Gasteiger partial charge in [0.15, 0.2) is 0 Å². The molecule has 0 aliphatic heterocycles. The molecule has 2 amide bonds. The number of aromatic nitrogens is 2. The van der Waals surface area contributed by atoms with Gasteiger partial charge in [0.25, 0.3) is 5.56 Å². The highest BCUT2D eigenvalue weighted by Crippen LogP contribution is 2.12. The van der Waals surface area contributed by atoms with E-state index >= 15 is 0 Å². The van der Waals surface area contributed by atoms with Crippen LogP contribution in [0.25, 0.3) is 0 Å². The summed E-state index contributed by atoms with van der Waals surface area (Å²) in [5.74, 6) is -0.473. The third-order valence-corrected chi connectivity index (χ3v) is 3.63. The fourth-order valence-corrected chi connectivity index (χ4v) is 2.28. The van der Waals surface area contributed by atoms with E-state index in [0.29, 0.717) is 12.1 Å². The van der Waals surface area contributed by atoms with Crippen molar-refractivity contribution in [2.24, 2.45) is 5.10 Å². The SMILES string of the molecule is CCCCn1c(O)c(/C(C)=N\NC(=O)Nc2ccccc2)c(=O)[nH]c1=O. The molecular weight excluding hydrogens is 338 g/mol. The molecule has 2 rings (SSSR count). The van der Waals surface area contributed by atoms with Gasteiger partial charge in [0.05, 0.1) is 5.71 Å². The zero-order chi connectivity index (χ0) is 19.1. The van der Waals surface area contributed by atoms with Gasteiger partial charge in [0.2, 0.25) is 5.88 Å². The molecule has 4 N–H and O–H groups in total. The Balaban J connectivity index is 2.21. The maximum atomic E-state index is 12.0. The lowest BCUT2D eigenvalue weighted by Gasteiger charge is -2.11. The summed E-state index contributed by atoms with van der Waals surface area (Å²) in [6, 6.07) is 8.15. The normalized spacial score (nSPS) is 11.2. The molecule has 2 aromatic rings. The summed E-state index contributed by atoms with van der Waals surface area (Å²) in [6.07, 6.45) is 1.47. The van der Waals surface area contributed by atoms with E-state index in [1.165, 1.54) is 6.92 Å². The molecule has 0 spiro atoms. The first-order chi connectivity index (χ1) is 12.4. The van der Waals surface area contributed by atoms with Crippen molar-refractivity contribution in [3.05, 3.63) is 56.7 Å². The number of aromatic amines is 1. The van der Waals surface area contributed by atoms with Crippen LogP contribution in [-0.4, -0.2) is 26.4 Å². The minimum Gasteiger partial charge on any atom is -0.494 e. The van der Waals surface area contributed by atoms with Gasteiger partial charge in [0, 0.05) is 12.2 Å². The predicted octanol–water partition coefficient (Wildman–Crippen LogP) is 1.59. The van der Waals surface area contributed by atoms with Gasteiger partial charge in [-0.3, -0.25) is 14.3 Å². The number of H-pyrrole nitrogens is 1. The zero-order valence-corrected chi connectivity index (χ0v) is 14.6. The Bertz CT molecular complexity index is 915. The lowest BCUT2D eigenvalue weighted by atomic mass is 10.2. The molecule has 138 valence electrons. The summed E-state index contributed by atoms with van der Waals surface area (Å²) in [7, 11) is 0. The van der Waals surface area contributed by atoms with E-state index in [1.54, 1.807) is 24.3 Å². The second-order valence-electron chi connectivity index (χ2n) is 5.59. The van der Waals surface area contributed by atoms with Crippen molar-refractivity contribution < 1.29 is 9.90 Å². The Hall–Kier alpha value is -3.36. The Kier molecular flexibility index (Phi) is 6.31. The molecule has 0 saturated heterocycles. The summed E-state index contributed by atoms with van der Waals surface area (Å²) in [5, 5.41) is 16.7. The minimum absolute atomic E-state index is 0.0669. The highest BCUT2D eigenvalue weighted by Gasteiger charge is 2.16. The summed E-state index contributed by atoms with van der Waals surface area (Å²) < 4.78 is 1.07. The molecule has 1 heterocycles. The molecule has 0 aliphatic rings. The van der Waals surface area contributed by atoms with Crippen LogP contribution in [0.15, 0.2) is 45.0 Å². The summed E-state index contributed by atoms with van der Waals surface area (Å²) in [6.45, 7) is 3.65. The molecule has 1 aromatic heterocycles. The lowest BCUT2D eigenvalue weighted by Crippen LogP contribution is -2.34. The first-order valence-corrected chi connectivity index (χ1v) is 8.16. The van der Waals surface area contributed by atoms with E-state index in [9.17, 15) is 19.5 Å². The molecule has 0 unspecified atom stereocenters. The quantitative estimate of drug-likeness (QED) is 0.461. The van der Waals surface area contributed by atoms with Crippen LogP contribution in [0.1, 0.15) is 32.3 Å². The van der Waals surface area contributed by atoms with Crippen molar-refractivity contribution in [2.75, 3.05) is 5.32 Å². The largest absolute Gasteiger partial charge is 0.494 e. The fraction of sp³-hybridized carbons (Fsp3) is 0.294. The number of hydrogen-bond donors (Lipinski definition) is 4. The molecule has 1 aromatic carbocycles. The molecule has 0 saturated carbocycles. The van der Waals surface area contributed by atoms with Crippen LogP contribution in [0.2, 0.25) is 0 Å². The number of carbonyl (C=O) groups excluding carboxylic acids is 1. The van der Waals surface area contributed by atoms with E-state index in [2.05, 4.69) is 20.8 Å². The van der Waals surface area contributed by atoms with E-state index < -0.39 is 23.2 Å². The third kappa shape index (κ3) is 4.59. The topological polar surface area (TPSA) is 129 Å². The van der Waals surface area contributed by atoms with Crippen molar-refractivity contribution in [1.82, 2.24) is 15.0 Å². The van der Waals surface area contributed by atoms with Gasteiger partial charge in [-0.15, -0.1) is 0 Å². The number of hydrogen-bond acceptors (Lipinski definition) is 5. The number of aromatic hydroxyl groups is 1. The number of nitrogens with one attached hydrogen (secondary N) is 3. The maximum Gasteiger partial charge on any atom is 0.339 e. The average Bonchev–Trinajstić information content (AvgIpc) is 2.60. The molecule has 9 heteroatoms. The van der Waals surface area contributed by atoms with Crippen molar-refractivity contribution in [3.8, 4) is 5.88 Å². The smallest absolute Gasteiger partial charge is 0.339 e. The number of urea groups is 1. The Morgan fingerprint density at radius 2 is 1.96 bits per heavy atom. The Morgan fingerprint density at radius 3 is 2.62 bits per heavy atom. The Labute approximate surface area is 149 Å². The van der Waals surface area contributed by atoms with Crippen molar-refractivity contribution in [3.63, 3.8) is 0 Å². The second kappa shape index (κ2) is 8.65. The van der Waals surface area contributed by atoms with Gasteiger partial charge in [-0.1, -0.05) is 31.5 Å². The molecule has 0 fully saturated rings. The lowest BCUT2D eigenvalue weighted by molar-refractivity contribution is 0.252. The first kappa shape index (κ1) is 19.0. The number of rotatable bonds is 6. The summed E-state index contributed by atoms with van der Waals surface area (Å²) in [5.41, 5.74) is 1.26. The number of anilines is 1. The number of hydrazone groups is 1. The first-order valence-electron chi connectivity index (χ1n) is 8.16. The molecule has 0 bridgehead atoms. The van der Waals surface area contributed by atoms with Crippen LogP contribution in [0.3, 0.4) is 0 Å². The van der Waals surface area contributed by atoms with Crippen molar-refractivity contribution in [2.45, 2.75) is 33.2 Å². The number of para-hydroxylation sites is 1. The zero-order valence-electron chi connectivity index (χ0n) is 14.6. The number of nitrogens with zero attached hydrogens (tertiary/aromatic N) is 2. The molecule has 0 aliphatic carbocycles. The van der Waals surface area contributed by atoms with Gasteiger partial charge < -0.3 is 10.4 Å². The van der Waals surface area contributed by atoms with Crippen LogP contribution in [0.5, 0.6) is 5.88 Å². The fourth-order valence-electron chi connectivity index (χ4n) is 2.28. The number of carbonyl (C=O) groups is 1. The third-order valence-electron chi connectivity index (χ3n) is 3.63. The molecule has 0 radical (unpaired) electrons. The predicted molar refractivity (Wildman–Crippen MR) is 98.7 cm³/mol. The van der Waals surface area contributed by atoms with E-state index in [-0.39, 0.29) is 17.8 Å². The summed E-state index contributed by atoms with van der Waals surface area (Å²) >= 11 is 0. The van der Waals surface area contributed by atoms with Crippen molar-refractivity contribution in [1.29, 1.82) is 0 Å². The highest BCUT2D eigenvalue weighted by atomic mass is 16.3. The van der Waals surface area contributed by atoms with E-state index in [0.717, 1.165) is 11.0 Å². The number of benzene rings is 1. The van der Waals surface area contributed by atoms with Crippen LogP contribution < -0.4 is 22.0 Å². The van der Waals surface area contributed by atoms with Gasteiger partial charge in [0.1, 0.15) is 5.56 Å². The summed E-state index contributed by atoms with van der Waals surface area (Å²) in [4.78, 5) is 37.9. The standard InChI is InChI=1S/C17H21N5O4/c1-3-4-10-22-15(24)13(14(23)19-17(22)26)11(2)20-21-16(25)18-12-8-6-5-7-9-12/h5-9,24H,3-4,10H2,1-2H3,(H2,18,21,25)(H,19,23,26)/b20-11-. The second-order valence-corrected chi connectivity index (χ2v) is 5.59. The number of unbranched alkanes of at least 4 members (excludes halogenated alkanes) is 1. The average molecular weight is 359 g/mol. The van der Waals surface area contributed by atoms with E-state index in [1.807, 2.05) is 13.0 Å². The van der Waals surface area contributed by atoms with Crippen molar-refractivity contribution >= 4 is 17.4 Å². The minimum atomic E-state index is -0.772. The van der Waals surface area contributed by atoms with Gasteiger partial charge in [-0.2, -0.15) is 5.10 Å². The highest BCUT2D eigenvalue weighted by molar-refractivity contribution is 6.01. The van der Waals surface area contributed by atoms with Crippen LogP contribution in [0, 0.1) is 0 Å². The monoisotopic (exact) mass is 359 g/mol. The maximum absolute atomic E-state index is 12.0. The van der Waals surface area contributed by atoms with Crippen LogP contribution in [0.4, 0.5) is 10.5 Å². The molecular formula is C17H21N5O4. The number of amides is 2. The molecule has 26 heavy (non-hydrogen) atoms. The van der Waals surface area contributed by atoms with Gasteiger partial charge in [-0.05, 0) is 25.5 Å². The molecule has 0 atom stereocenters. The van der Waals surface area contributed by atoms with Crippen LogP contribution >= 0.6 is 0 Å². The van der Waals surface area contributed by atoms with Gasteiger partial charge in [-0.25, -0.2) is 15.0 Å². The van der Waals surface area contributed by atoms with E-state index in [4.69, 9.17) is 0 Å².